The van der Waals surface area contributed by atoms with Crippen molar-refractivity contribution in [3.63, 3.8) is 0 Å². The number of nitrogens with one attached hydrogen (secondary N) is 1. The standard InChI is InChI=1S/C10H21NO.H2O4S/c1-9(2)6-8(12)7-10(3,4)11(9)5;1-5(2,3)4/h8,12H,6-7H2,1-5H3;(H2,1,2,3,4). The molecule has 0 spiro atoms. The molecule has 0 aromatic rings. The normalized spacial score (nSPS) is 31.3. The van der Waals surface area contributed by atoms with Crippen LogP contribution in [0.5, 0.6) is 0 Å². The summed E-state index contributed by atoms with van der Waals surface area (Å²) in [5.41, 5.74) is 0.419. The molecule has 1 saturated heterocycles. The summed E-state index contributed by atoms with van der Waals surface area (Å²) in [6.45, 7) is 8.91. The Bertz CT molecular complexity index is 324. The van der Waals surface area contributed by atoms with E-state index in [4.69, 9.17) is 17.5 Å². The van der Waals surface area contributed by atoms with Crippen LogP contribution in [0.25, 0.3) is 0 Å². The third kappa shape index (κ3) is 6.32. The Kier molecular flexibility index (Phi) is 5.13. The molecule has 104 valence electrons. The summed E-state index contributed by atoms with van der Waals surface area (Å²) in [6, 6.07) is 0. The molecule has 1 heterocycles. The summed E-state index contributed by atoms with van der Waals surface area (Å²) in [5.74, 6) is 0. The van der Waals surface area contributed by atoms with Crippen LogP contribution in [0, 0.1) is 0 Å². The number of piperidine rings is 1. The molecule has 0 radical (unpaired) electrons. The van der Waals surface area contributed by atoms with Crippen LogP contribution in [0.3, 0.4) is 0 Å². The maximum Gasteiger partial charge on any atom is 0.215 e. The fourth-order valence-electron chi connectivity index (χ4n) is 2.47. The van der Waals surface area contributed by atoms with Gasteiger partial charge in [0, 0.05) is 12.8 Å². The summed E-state index contributed by atoms with van der Waals surface area (Å²) < 4.78 is 32.8. The van der Waals surface area contributed by atoms with Gasteiger partial charge < -0.3 is 14.6 Å². The molecule has 0 bridgehead atoms. The Hall–Kier alpha value is -0.210. The number of hydrogen-bond acceptors (Lipinski definition) is 4. The molecule has 0 unspecified atom stereocenters. The lowest BCUT2D eigenvalue weighted by atomic mass is 9.79. The smallest absolute Gasteiger partial charge is 0.215 e. The number of hydrogen-bond donors (Lipinski definition) is 3. The van der Waals surface area contributed by atoms with E-state index in [1.165, 1.54) is 4.90 Å². The molecule has 1 fully saturated rings. The molecule has 3 N–H and O–H groups in total. The first kappa shape index (κ1) is 16.8. The Morgan fingerprint density at radius 2 is 1.41 bits per heavy atom. The maximum absolute atomic E-state index is 9.68. The van der Waals surface area contributed by atoms with E-state index in [0.29, 0.717) is 0 Å². The van der Waals surface area contributed by atoms with Crippen molar-refractivity contribution in [1.29, 1.82) is 0 Å². The van der Waals surface area contributed by atoms with Gasteiger partial charge in [-0.05, 0) is 27.7 Å². The quantitative estimate of drug-likeness (QED) is 0.395. The fourth-order valence-corrected chi connectivity index (χ4v) is 2.47. The second-order valence-electron chi connectivity index (χ2n) is 5.88. The van der Waals surface area contributed by atoms with Gasteiger partial charge in [-0.2, -0.15) is 0 Å². The average molecular weight is 269 g/mol. The van der Waals surface area contributed by atoms with Gasteiger partial charge in [-0.25, -0.2) is 8.42 Å². The topological polar surface area (TPSA) is 102 Å². The highest BCUT2D eigenvalue weighted by molar-refractivity contribution is 7.79. The molecule has 17 heavy (non-hydrogen) atoms. The van der Waals surface area contributed by atoms with Crippen molar-refractivity contribution in [2.45, 2.75) is 57.7 Å². The first-order valence-electron chi connectivity index (χ1n) is 5.46. The predicted molar refractivity (Wildman–Crippen MR) is 62.6 cm³/mol. The molecule has 0 aromatic heterocycles. The van der Waals surface area contributed by atoms with Gasteiger partial charge in [0.15, 0.2) is 0 Å². The molecule has 0 amide bonds. The molecule has 0 aliphatic carbocycles. The lowest BCUT2D eigenvalue weighted by molar-refractivity contribution is -0.983. The zero-order chi connectivity index (χ0) is 14.1. The highest BCUT2D eigenvalue weighted by Crippen LogP contribution is 2.22. The van der Waals surface area contributed by atoms with E-state index in [1.807, 2.05) is 0 Å². The minimum Gasteiger partial charge on any atom is -0.726 e. The summed E-state index contributed by atoms with van der Waals surface area (Å²) in [6.07, 6.45) is 1.73. The summed E-state index contributed by atoms with van der Waals surface area (Å²) in [4.78, 5) is 1.53. The van der Waals surface area contributed by atoms with Gasteiger partial charge in [-0.3, -0.25) is 4.55 Å². The van der Waals surface area contributed by atoms with E-state index < -0.39 is 10.4 Å². The van der Waals surface area contributed by atoms with Crippen molar-refractivity contribution in [1.82, 2.24) is 0 Å². The van der Waals surface area contributed by atoms with Crippen LogP contribution in [-0.4, -0.2) is 46.9 Å². The Morgan fingerprint density at radius 3 is 1.65 bits per heavy atom. The van der Waals surface area contributed by atoms with Crippen molar-refractivity contribution in [2.75, 3.05) is 7.05 Å². The molecular formula is C10H23NO5S. The lowest BCUT2D eigenvalue weighted by Crippen LogP contribution is -3.24. The van der Waals surface area contributed by atoms with E-state index in [1.54, 1.807) is 0 Å². The van der Waals surface area contributed by atoms with Gasteiger partial charge in [-0.1, -0.05) is 0 Å². The summed E-state index contributed by atoms with van der Waals surface area (Å²) >= 11 is 0. The van der Waals surface area contributed by atoms with Crippen LogP contribution in [0.1, 0.15) is 40.5 Å². The minimum absolute atomic E-state index is 0.112. The predicted octanol–water partition coefficient (Wildman–Crippen LogP) is -0.782. The number of likely N-dealkylation sites (tertiary alicyclic amines) is 1. The average Bonchev–Trinajstić information content (AvgIpc) is 1.94. The number of aliphatic hydroxyl groups is 1. The Balaban J connectivity index is 0.000000437. The monoisotopic (exact) mass is 269 g/mol. The first-order valence-corrected chi connectivity index (χ1v) is 6.83. The molecule has 1 aliphatic heterocycles. The second kappa shape index (κ2) is 5.19. The molecule has 0 saturated carbocycles. The van der Waals surface area contributed by atoms with E-state index in [2.05, 4.69) is 34.7 Å². The lowest BCUT2D eigenvalue weighted by Gasteiger charge is -2.49. The third-order valence-electron chi connectivity index (χ3n) is 3.52. The molecular weight excluding hydrogens is 246 g/mol. The SMILES string of the molecule is C[NH+]1C(C)(C)CC(O)CC1(C)C.O=S(=O)([O-])O. The van der Waals surface area contributed by atoms with Crippen molar-refractivity contribution < 1.29 is 27.5 Å². The van der Waals surface area contributed by atoms with Gasteiger partial charge >= 0.3 is 0 Å². The van der Waals surface area contributed by atoms with Crippen LogP contribution in [0.15, 0.2) is 0 Å². The van der Waals surface area contributed by atoms with E-state index >= 15 is 0 Å². The third-order valence-corrected chi connectivity index (χ3v) is 3.52. The highest BCUT2D eigenvalue weighted by atomic mass is 32.3. The van der Waals surface area contributed by atoms with Crippen molar-refractivity contribution in [3.8, 4) is 0 Å². The van der Waals surface area contributed by atoms with E-state index in [0.717, 1.165) is 12.8 Å². The van der Waals surface area contributed by atoms with Gasteiger partial charge in [0.1, 0.15) is 0 Å². The fraction of sp³-hybridized carbons (Fsp3) is 1.00. The second-order valence-corrected chi connectivity index (χ2v) is 6.74. The van der Waals surface area contributed by atoms with Crippen LogP contribution < -0.4 is 4.90 Å². The van der Waals surface area contributed by atoms with E-state index in [9.17, 15) is 5.11 Å². The summed E-state index contributed by atoms with van der Waals surface area (Å²) in [5, 5.41) is 9.68. The molecule has 0 atom stereocenters. The number of aliphatic hydroxyl groups excluding tert-OH is 1. The Labute approximate surface area is 103 Å². The number of quaternary nitrogens is 1. The maximum atomic E-state index is 9.68. The minimum atomic E-state index is -4.92. The van der Waals surface area contributed by atoms with Gasteiger partial charge in [-0.15, -0.1) is 0 Å². The van der Waals surface area contributed by atoms with E-state index in [-0.39, 0.29) is 17.2 Å². The molecule has 1 rings (SSSR count). The summed E-state index contributed by atoms with van der Waals surface area (Å²) in [7, 11) is -2.69. The van der Waals surface area contributed by atoms with Crippen LogP contribution in [0.4, 0.5) is 0 Å². The largest absolute Gasteiger partial charge is 0.726 e. The zero-order valence-electron chi connectivity index (χ0n) is 11.0. The number of rotatable bonds is 0. The molecule has 1 aliphatic rings. The molecule has 6 nitrogen and oxygen atoms in total. The van der Waals surface area contributed by atoms with Gasteiger partial charge in [0.25, 0.3) is 0 Å². The molecule has 7 heteroatoms. The first-order chi connectivity index (χ1) is 7.26. The van der Waals surface area contributed by atoms with Crippen LogP contribution in [0.2, 0.25) is 0 Å². The molecule has 0 aromatic carbocycles. The Morgan fingerprint density at radius 1 is 1.18 bits per heavy atom. The van der Waals surface area contributed by atoms with Crippen molar-refractivity contribution in [3.05, 3.63) is 0 Å². The van der Waals surface area contributed by atoms with Crippen molar-refractivity contribution in [2.24, 2.45) is 0 Å². The van der Waals surface area contributed by atoms with Crippen molar-refractivity contribution >= 4 is 10.4 Å². The van der Waals surface area contributed by atoms with Gasteiger partial charge in [0.2, 0.25) is 10.4 Å². The van der Waals surface area contributed by atoms with Crippen LogP contribution in [-0.2, 0) is 10.4 Å². The highest BCUT2D eigenvalue weighted by Gasteiger charge is 2.46. The van der Waals surface area contributed by atoms with Crippen LogP contribution >= 0.6 is 0 Å². The zero-order valence-corrected chi connectivity index (χ0v) is 11.8. The van der Waals surface area contributed by atoms with Gasteiger partial charge in [0.05, 0.1) is 24.2 Å².